The van der Waals surface area contributed by atoms with Crippen LogP contribution in [0.2, 0.25) is 0 Å². The number of hydrogen-bond acceptors (Lipinski definition) is 3. The van der Waals surface area contributed by atoms with Crippen molar-refractivity contribution in [3.05, 3.63) is 24.3 Å². The minimum Gasteiger partial charge on any atom is -0.369 e. The normalized spacial score (nSPS) is 21.6. The molecule has 0 radical (unpaired) electrons. The lowest BCUT2D eigenvalue weighted by molar-refractivity contribution is -0.119. The highest BCUT2D eigenvalue weighted by Gasteiger charge is 2.29. The number of anilines is 2. The van der Waals surface area contributed by atoms with Crippen LogP contribution >= 0.6 is 0 Å². The van der Waals surface area contributed by atoms with Gasteiger partial charge in [-0.2, -0.15) is 0 Å². The molecule has 21 heavy (non-hydrogen) atoms. The zero-order valence-electron chi connectivity index (χ0n) is 13.5. The molecule has 4 nitrogen and oxygen atoms in total. The van der Waals surface area contributed by atoms with Crippen molar-refractivity contribution in [1.82, 2.24) is 5.32 Å². The molecule has 1 aliphatic rings. The van der Waals surface area contributed by atoms with Gasteiger partial charge in [0, 0.05) is 30.0 Å². The van der Waals surface area contributed by atoms with Gasteiger partial charge >= 0.3 is 0 Å². The van der Waals surface area contributed by atoms with Gasteiger partial charge in [-0.05, 0) is 64.9 Å². The van der Waals surface area contributed by atoms with Crippen molar-refractivity contribution >= 4 is 17.3 Å². The first-order valence-corrected chi connectivity index (χ1v) is 7.94. The second-order valence-corrected chi connectivity index (χ2v) is 6.05. The Morgan fingerprint density at radius 3 is 2.52 bits per heavy atom. The van der Waals surface area contributed by atoms with Crippen LogP contribution in [0, 0.1) is 5.92 Å². The molecular weight excluding hydrogens is 262 g/mol. The Bertz CT molecular complexity index is 469. The van der Waals surface area contributed by atoms with E-state index in [4.69, 9.17) is 0 Å². The topological polar surface area (TPSA) is 44.4 Å². The van der Waals surface area contributed by atoms with Gasteiger partial charge in [0.25, 0.3) is 0 Å². The van der Waals surface area contributed by atoms with E-state index in [0.29, 0.717) is 6.04 Å². The lowest BCUT2D eigenvalue weighted by atomic mass is 10.0. The maximum absolute atomic E-state index is 12.2. The van der Waals surface area contributed by atoms with Crippen LogP contribution < -0.4 is 15.5 Å². The summed E-state index contributed by atoms with van der Waals surface area (Å²) in [7, 11) is 0. The summed E-state index contributed by atoms with van der Waals surface area (Å²) >= 11 is 0. The molecule has 0 aromatic heterocycles. The molecule has 0 bridgehead atoms. The first kappa shape index (κ1) is 15.8. The quantitative estimate of drug-likeness (QED) is 0.876. The van der Waals surface area contributed by atoms with Crippen molar-refractivity contribution in [2.75, 3.05) is 23.3 Å². The largest absolute Gasteiger partial charge is 0.369 e. The maximum Gasteiger partial charge on any atom is 0.229 e. The lowest BCUT2D eigenvalue weighted by Gasteiger charge is -2.27. The molecule has 1 aliphatic heterocycles. The SMILES string of the molecule is CCN(c1ccc(NC(=O)C2CCNC2C)cc1)C(C)C. The van der Waals surface area contributed by atoms with E-state index in [0.717, 1.165) is 25.2 Å². The Balaban J connectivity index is 2.00. The van der Waals surface area contributed by atoms with Crippen LogP contribution in [0.4, 0.5) is 11.4 Å². The van der Waals surface area contributed by atoms with Gasteiger partial charge in [0.15, 0.2) is 0 Å². The molecule has 2 unspecified atom stereocenters. The minimum absolute atomic E-state index is 0.0764. The number of carbonyl (C=O) groups is 1. The number of benzene rings is 1. The standard InChI is InChI=1S/C17H27N3O/c1-5-20(12(2)3)15-8-6-14(7-9-15)19-17(21)16-10-11-18-13(16)4/h6-9,12-13,16,18H,5,10-11H2,1-4H3,(H,19,21). The van der Waals surface area contributed by atoms with Crippen molar-refractivity contribution < 1.29 is 4.79 Å². The summed E-state index contributed by atoms with van der Waals surface area (Å²) in [6.45, 7) is 10.5. The van der Waals surface area contributed by atoms with Crippen molar-refractivity contribution in [3.63, 3.8) is 0 Å². The summed E-state index contributed by atoms with van der Waals surface area (Å²) in [4.78, 5) is 14.6. The van der Waals surface area contributed by atoms with E-state index >= 15 is 0 Å². The summed E-state index contributed by atoms with van der Waals surface area (Å²) in [5.74, 6) is 0.198. The van der Waals surface area contributed by atoms with Crippen LogP contribution in [0.15, 0.2) is 24.3 Å². The van der Waals surface area contributed by atoms with Gasteiger partial charge in [0.2, 0.25) is 5.91 Å². The third-order valence-corrected chi connectivity index (χ3v) is 4.29. The van der Waals surface area contributed by atoms with E-state index in [1.807, 2.05) is 12.1 Å². The Labute approximate surface area is 127 Å². The zero-order valence-corrected chi connectivity index (χ0v) is 13.5. The molecule has 2 rings (SSSR count). The molecule has 1 saturated heterocycles. The van der Waals surface area contributed by atoms with Gasteiger partial charge in [0.05, 0.1) is 5.92 Å². The Morgan fingerprint density at radius 2 is 2.05 bits per heavy atom. The highest BCUT2D eigenvalue weighted by atomic mass is 16.1. The molecular formula is C17H27N3O. The number of hydrogen-bond donors (Lipinski definition) is 2. The first-order valence-electron chi connectivity index (χ1n) is 7.94. The van der Waals surface area contributed by atoms with Gasteiger partial charge in [-0.3, -0.25) is 4.79 Å². The fourth-order valence-corrected chi connectivity index (χ4v) is 3.03. The molecule has 2 atom stereocenters. The number of nitrogens with zero attached hydrogens (tertiary/aromatic N) is 1. The summed E-state index contributed by atoms with van der Waals surface area (Å²) in [6, 6.07) is 8.88. The van der Waals surface area contributed by atoms with Crippen molar-refractivity contribution in [2.24, 2.45) is 5.92 Å². The lowest BCUT2D eigenvalue weighted by Crippen LogP contribution is -2.32. The summed E-state index contributed by atoms with van der Waals surface area (Å²) in [6.07, 6.45) is 0.919. The molecule has 1 aromatic rings. The predicted octanol–water partition coefficient (Wildman–Crippen LogP) is 2.86. The molecule has 1 aromatic carbocycles. The molecule has 0 saturated carbocycles. The van der Waals surface area contributed by atoms with Crippen molar-refractivity contribution in [3.8, 4) is 0 Å². The molecule has 0 aliphatic carbocycles. The molecule has 4 heteroatoms. The summed E-state index contributed by atoms with van der Waals surface area (Å²) in [5.41, 5.74) is 2.07. The van der Waals surface area contributed by atoms with Gasteiger partial charge in [-0.15, -0.1) is 0 Å². The van der Waals surface area contributed by atoms with E-state index < -0.39 is 0 Å². The van der Waals surface area contributed by atoms with Gasteiger partial charge in [0.1, 0.15) is 0 Å². The van der Waals surface area contributed by atoms with Gasteiger partial charge in [-0.25, -0.2) is 0 Å². The van der Waals surface area contributed by atoms with Crippen LogP contribution in [-0.4, -0.2) is 31.1 Å². The highest BCUT2D eigenvalue weighted by molar-refractivity contribution is 5.93. The molecule has 0 spiro atoms. The molecule has 116 valence electrons. The van der Waals surface area contributed by atoms with E-state index in [-0.39, 0.29) is 17.9 Å². The van der Waals surface area contributed by atoms with E-state index in [1.165, 1.54) is 5.69 Å². The van der Waals surface area contributed by atoms with Crippen LogP contribution in [0.25, 0.3) is 0 Å². The Hall–Kier alpha value is -1.55. The summed E-state index contributed by atoms with van der Waals surface area (Å²) in [5, 5.41) is 6.34. The zero-order chi connectivity index (χ0) is 15.4. The second-order valence-electron chi connectivity index (χ2n) is 6.05. The van der Waals surface area contributed by atoms with E-state index in [2.05, 4.69) is 55.4 Å². The minimum atomic E-state index is 0.0764. The van der Waals surface area contributed by atoms with E-state index in [9.17, 15) is 4.79 Å². The fraction of sp³-hybridized carbons (Fsp3) is 0.588. The van der Waals surface area contributed by atoms with Gasteiger partial charge < -0.3 is 15.5 Å². The second kappa shape index (κ2) is 6.94. The van der Waals surface area contributed by atoms with Crippen molar-refractivity contribution in [1.29, 1.82) is 0 Å². The van der Waals surface area contributed by atoms with Crippen molar-refractivity contribution in [2.45, 2.75) is 46.2 Å². The molecule has 2 N–H and O–H groups in total. The third-order valence-electron chi connectivity index (χ3n) is 4.29. The molecule has 1 fully saturated rings. The number of amides is 1. The first-order chi connectivity index (χ1) is 10.0. The maximum atomic E-state index is 12.2. The number of rotatable bonds is 5. The molecule has 1 heterocycles. The van der Waals surface area contributed by atoms with E-state index in [1.54, 1.807) is 0 Å². The smallest absolute Gasteiger partial charge is 0.229 e. The van der Waals surface area contributed by atoms with Crippen LogP contribution in [-0.2, 0) is 4.79 Å². The summed E-state index contributed by atoms with van der Waals surface area (Å²) < 4.78 is 0. The van der Waals surface area contributed by atoms with Crippen LogP contribution in [0.5, 0.6) is 0 Å². The average molecular weight is 289 g/mol. The monoisotopic (exact) mass is 289 g/mol. The Morgan fingerprint density at radius 1 is 1.38 bits per heavy atom. The predicted molar refractivity (Wildman–Crippen MR) is 88.8 cm³/mol. The third kappa shape index (κ3) is 3.76. The average Bonchev–Trinajstić information content (AvgIpc) is 2.87. The fourth-order valence-electron chi connectivity index (χ4n) is 3.03. The number of nitrogens with one attached hydrogen (secondary N) is 2. The molecule has 1 amide bonds. The highest BCUT2D eigenvalue weighted by Crippen LogP contribution is 2.22. The van der Waals surface area contributed by atoms with Crippen LogP contribution in [0.1, 0.15) is 34.1 Å². The number of carbonyl (C=O) groups excluding carboxylic acids is 1. The van der Waals surface area contributed by atoms with Crippen LogP contribution in [0.3, 0.4) is 0 Å². The Kier molecular flexibility index (Phi) is 5.23. The van der Waals surface area contributed by atoms with Gasteiger partial charge in [-0.1, -0.05) is 0 Å².